The van der Waals surface area contributed by atoms with Crippen molar-refractivity contribution in [2.75, 3.05) is 64.1 Å². The molecule has 0 atom stereocenters. The minimum atomic E-state index is 0.0628. The van der Waals surface area contributed by atoms with Gasteiger partial charge in [-0.3, -0.25) is 4.79 Å². The molecule has 0 spiro atoms. The van der Waals surface area contributed by atoms with Crippen LogP contribution < -0.4 is 15.0 Å². The molecule has 1 N–H and O–H groups in total. The van der Waals surface area contributed by atoms with Gasteiger partial charge >= 0.3 is 0 Å². The Morgan fingerprint density at radius 3 is 2.56 bits per heavy atom. The predicted octanol–water partition coefficient (Wildman–Crippen LogP) is 2.56. The standard InChI is InChI=1S/C23H31N7O2/c1-6-32-21-17-9-10-29(5)20(17)25-23(26-21)24-18-8-7-16(15-19(18)27(2)3)22(31)30-13-11-28(4)12-14-30/h7-10,15H,6,11-14H2,1-5H3,(H,24,25,26). The number of nitrogens with one attached hydrogen (secondary N) is 1. The molecule has 1 amide bonds. The number of hydrogen-bond acceptors (Lipinski definition) is 7. The minimum absolute atomic E-state index is 0.0628. The summed E-state index contributed by atoms with van der Waals surface area (Å²) in [6, 6.07) is 7.65. The first-order valence-corrected chi connectivity index (χ1v) is 10.9. The van der Waals surface area contributed by atoms with Gasteiger partial charge in [-0.2, -0.15) is 9.97 Å². The third-order valence-electron chi connectivity index (χ3n) is 5.73. The molecule has 1 aliphatic rings. The van der Waals surface area contributed by atoms with Crippen molar-refractivity contribution >= 4 is 34.3 Å². The average Bonchev–Trinajstić information content (AvgIpc) is 3.15. The largest absolute Gasteiger partial charge is 0.477 e. The zero-order chi connectivity index (χ0) is 22.8. The molecule has 1 aromatic carbocycles. The van der Waals surface area contributed by atoms with Crippen LogP contribution in [0.1, 0.15) is 17.3 Å². The molecule has 0 unspecified atom stereocenters. The lowest BCUT2D eigenvalue weighted by molar-refractivity contribution is 0.0664. The lowest BCUT2D eigenvalue weighted by atomic mass is 10.1. The summed E-state index contributed by atoms with van der Waals surface area (Å²) < 4.78 is 7.69. The predicted molar refractivity (Wildman–Crippen MR) is 127 cm³/mol. The summed E-state index contributed by atoms with van der Waals surface area (Å²) >= 11 is 0. The highest BCUT2D eigenvalue weighted by molar-refractivity contribution is 5.97. The summed E-state index contributed by atoms with van der Waals surface area (Å²) in [5.41, 5.74) is 3.18. The topological polar surface area (TPSA) is 78.8 Å². The van der Waals surface area contributed by atoms with Gasteiger partial charge in [-0.15, -0.1) is 0 Å². The molecule has 1 aliphatic heterocycles. The summed E-state index contributed by atoms with van der Waals surface area (Å²) in [5, 5.41) is 4.20. The van der Waals surface area contributed by atoms with Crippen molar-refractivity contribution in [3.63, 3.8) is 0 Å². The van der Waals surface area contributed by atoms with Crippen LogP contribution in [0.3, 0.4) is 0 Å². The van der Waals surface area contributed by atoms with Crippen LogP contribution >= 0.6 is 0 Å². The Labute approximate surface area is 188 Å². The molecular formula is C23H31N7O2. The van der Waals surface area contributed by atoms with Crippen molar-refractivity contribution in [3.8, 4) is 5.88 Å². The molecule has 0 bridgehead atoms. The Hall–Kier alpha value is -3.33. The number of hydrogen-bond donors (Lipinski definition) is 1. The highest BCUT2D eigenvalue weighted by Gasteiger charge is 2.22. The van der Waals surface area contributed by atoms with Gasteiger partial charge in [0.25, 0.3) is 5.91 Å². The Morgan fingerprint density at radius 2 is 1.88 bits per heavy atom. The lowest BCUT2D eigenvalue weighted by Gasteiger charge is -2.32. The zero-order valence-corrected chi connectivity index (χ0v) is 19.4. The second-order valence-corrected chi connectivity index (χ2v) is 8.30. The molecule has 0 radical (unpaired) electrons. The summed E-state index contributed by atoms with van der Waals surface area (Å²) in [6.45, 7) is 5.74. The lowest BCUT2D eigenvalue weighted by Crippen LogP contribution is -2.47. The number of benzene rings is 1. The van der Waals surface area contributed by atoms with E-state index in [0.717, 1.165) is 48.6 Å². The third-order valence-corrected chi connectivity index (χ3v) is 5.73. The Kier molecular flexibility index (Phi) is 6.18. The smallest absolute Gasteiger partial charge is 0.254 e. The van der Waals surface area contributed by atoms with Crippen LogP contribution in [-0.2, 0) is 7.05 Å². The number of piperazine rings is 1. The van der Waals surface area contributed by atoms with Crippen molar-refractivity contribution in [1.82, 2.24) is 24.3 Å². The van der Waals surface area contributed by atoms with E-state index >= 15 is 0 Å². The van der Waals surface area contributed by atoms with Crippen molar-refractivity contribution in [1.29, 1.82) is 0 Å². The number of ether oxygens (including phenoxy) is 1. The fourth-order valence-electron chi connectivity index (χ4n) is 3.86. The molecule has 9 heteroatoms. The van der Waals surface area contributed by atoms with Crippen LogP contribution in [0.15, 0.2) is 30.5 Å². The molecule has 170 valence electrons. The van der Waals surface area contributed by atoms with Crippen molar-refractivity contribution in [2.24, 2.45) is 7.05 Å². The first-order valence-electron chi connectivity index (χ1n) is 10.9. The molecule has 3 aromatic rings. The highest BCUT2D eigenvalue weighted by atomic mass is 16.5. The average molecular weight is 438 g/mol. The molecular weight excluding hydrogens is 406 g/mol. The van der Waals surface area contributed by atoms with Crippen LogP contribution in [-0.4, -0.2) is 84.2 Å². The minimum Gasteiger partial charge on any atom is -0.477 e. The fraction of sp³-hybridized carbons (Fsp3) is 0.435. The van der Waals surface area contributed by atoms with Crippen LogP contribution in [0.5, 0.6) is 5.88 Å². The van der Waals surface area contributed by atoms with E-state index in [9.17, 15) is 4.79 Å². The van der Waals surface area contributed by atoms with Gasteiger partial charge in [-0.25, -0.2) is 0 Å². The number of carbonyl (C=O) groups is 1. The maximum absolute atomic E-state index is 13.0. The number of aryl methyl sites for hydroxylation is 1. The van der Waals surface area contributed by atoms with Crippen molar-refractivity contribution in [2.45, 2.75) is 6.92 Å². The second-order valence-electron chi connectivity index (χ2n) is 8.30. The van der Waals surface area contributed by atoms with Gasteiger partial charge in [-0.1, -0.05) is 0 Å². The SMILES string of the molecule is CCOc1nc(Nc2ccc(C(=O)N3CCN(C)CC3)cc2N(C)C)nc2c1ccn2C. The van der Waals surface area contributed by atoms with Crippen molar-refractivity contribution in [3.05, 3.63) is 36.0 Å². The molecule has 0 saturated carbocycles. The summed E-state index contributed by atoms with van der Waals surface area (Å²) in [4.78, 5) is 28.4. The van der Waals surface area contributed by atoms with E-state index in [1.807, 2.05) is 72.9 Å². The molecule has 9 nitrogen and oxygen atoms in total. The molecule has 1 fully saturated rings. The molecule has 2 aromatic heterocycles. The van der Waals surface area contributed by atoms with Crippen LogP contribution in [0.2, 0.25) is 0 Å². The van der Waals surface area contributed by atoms with E-state index < -0.39 is 0 Å². The van der Waals surface area contributed by atoms with E-state index in [0.29, 0.717) is 24.0 Å². The van der Waals surface area contributed by atoms with Crippen molar-refractivity contribution < 1.29 is 9.53 Å². The van der Waals surface area contributed by atoms with E-state index in [4.69, 9.17) is 4.74 Å². The van der Waals surface area contributed by atoms with Gasteiger partial charge < -0.3 is 29.3 Å². The normalized spacial score (nSPS) is 14.6. The summed E-state index contributed by atoms with van der Waals surface area (Å²) in [6.07, 6.45) is 1.94. The molecule has 32 heavy (non-hydrogen) atoms. The maximum Gasteiger partial charge on any atom is 0.254 e. The van der Waals surface area contributed by atoms with Gasteiger partial charge in [0.15, 0.2) is 0 Å². The maximum atomic E-state index is 13.0. The summed E-state index contributed by atoms with van der Waals surface area (Å²) in [7, 11) is 7.94. The Bertz CT molecular complexity index is 1120. The Morgan fingerprint density at radius 1 is 1.12 bits per heavy atom. The number of rotatable bonds is 6. The fourth-order valence-corrected chi connectivity index (χ4v) is 3.86. The Balaban J connectivity index is 1.64. The van der Waals surface area contributed by atoms with Crippen LogP contribution in [0.25, 0.3) is 11.0 Å². The van der Waals surface area contributed by atoms with Gasteiger partial charge in [0.2, 0.25) is 11.8 Å². The first kappa shape index (κ1) is 21.9. The molecule has 1 saturated heterocycles. The number of fused-ring (bicyclic) bond motifs is 1. The van der Waals surface area contributed by atoms with E-state index in [1.54, 1.807) is 0 Å². The monoisotopic (exact) mass is 437 g/mol. The van der Waals surface area contributed by atoms with Crippen LogP contribution in [0, 0.1) is 0 Å². The number of carbonyl (C=O) groups excluding carboxylic acids is 1. The van der Waals surface area contributed by atoms with Crippen LogP contribution in [0.4, 0.5) is 17.3 Å². The van der Waals surface area contributed by atoms with Gasteiger partial charge in [0.1, 0.15) is 5.65 Å². The van der Waals surface area contributed by atoms with E-state index in [2.05, 4.69) is 27.2 Å². The van der Waals surface area contributed by atoms with Gasteiger partial charge in [-0.05, 0) is 38.2 Å². The molecule has 3 heterocycles. The van der Waals surface area contributed by atoms with E-state index in [1.165, 1.54) is 0 Å². The van der Waals surface area contributed by atoms with E-state index in [-0.39, 0.29) is 5.91 Å². The third kappa shape index (κ3) is 4.34. The number of nitrogens with zero attached hydrogens (tertiary/aromatic N) is 6. The molecule has 4 rings (SSSR count). The molecule has 0 aliphatic carbocycles. The number of anilines is 3. The second kappa shape index (κ2) is 9.04. The zero-order valence-electron chi connectivity index (χ0n) is 19.4. The summed E-state index contributed by atoms with van der Waals surface area (Å²) in [5.74, 6) is 1.06. The highest BCUT2D eigenvalue weighted by Crippen LogP contribution is 2.31. The number of aromatic nitrogens is 3. The van der Waals surface area contributed by atoms with Gasteiger partial charge in [0.05, 0.1) is 23.4 Å². The number of amides is 1. The quantitative estimate of drug-likeness (QED) is 0.635. The van der Waals surface area contributed by atoms with Gasteiger partial charge in [0, 0.05) is 59.1 Å². The first-order chi connectivity index (χ1) is 15.4. The number of likely N-dealkylation sites (N-methyl/N-ethyl adjacent to an activating group) is 1.